The van der Waals surface area contributed by atoms with E-state index in [9.17, 15) is 0 Å². The summed E-state index contributed by atoms with van der Waals surface area (Å²) in [4.78, 5) is 8.01. The van der Waals surface area contributed by atoms with Gasteiger partial charge in [-0.05, 0) is 12.1 Å². The first-order chi connectivity index (χ1) is 7.79. The van der Waals surface area contributed by atoms with Crippen LogP contribution in [0.1, 0.15) is 5.82 Å². The molecule has 0 aliphatic rings. The molecule has 0 spiro atoms. The molecular formula is C9H11N5O2. The molecule has 2 aromatic rings. The van der Waals surface area contributed by atoms with Gasteiger partial charge in [0, 0.05) is 0 Å². The highest BCUT2D eigenvalue weighted by atomic mass is 16.5. The average molecular weight is 221 g/mol. The van der Waals surface area contributed by atoms with E-state index in [1.807, 2.05) is 0 Å². The lowest BCUT2D eigenvalue weighted by atomic mass is 10.4. The second-order valence-electron chi connectivity index (χ2n) is 3.00. The Morgan fingerprint density at radius 3 is 3.06 bits per heavy atom. The van der Waals surface area contributed by atoms with Gasteiger partial charge in [0.15, 0.2) is 5.82 Å². The smallest absolute Gasteiger partial charge is 0.238 e. The molecule has 0 aromatic carbocycles. The standard InChI is InChI=1S/C9H11N5O2/c1-15-9-6(10)2-3-7(13-9)11-4-8-12-5-16-14-8/h2-3,5H,4,10H2,1H3,(H,11,13). The van der Waals surface area contributed by atoms with Crippen LogP contribution in [0.5, 0.6) is 5.88 Å². The Kier molecular flexibility index (Phi) is 2.86. The molecule has 0 fully saturated rings. The lowest BCUT2D eigenvalue weighted by Crippen LogP contribution is -2.04. The Morgan fingerprint density at radius 2 is 2.38 bits per heavy atom. The maximum absolute atomic E-state index is 5.64. The molecule has 16 heavy (non-hydrogen) atoms. The van der Waals surface area contributed by atoms with E-state index in [1.54, 1.807) is 12.1 Å². The van der Waals surface area contributed by atoms with Gasteiger partial charge in [-0.2, -0.15) is 9.97 Å². The number of ether oxygens (including phenoxy) is 1. The molecule has 2 aromatic heterocycles. The number of aromatic nitrogens is 3. The Morgan fingerprint density at radius 1 is 1.50 bits per heavy atom. The van der Waals surface area contributed by atoms with Gasteiger partial charge in [-0.15, -0.1) is 0 Å². The summed E-state index contributed by atoms with van der Waals surface area (Å²) >= 11 is 0. The molecule has 2 rings (SSSR count). The van der Waals surface area contributed by atoms with Crippen LogP contribution in [0.25, 0.3) is 0 Å². The van der Waals surface area contributed by atoms with Gasteiger partial charge in [-0.25, -0.2) is 0 Å². The largest absolute Gasteiger partial charge is 0.479 e. The van der Waals surface area contributed by atoms with Gasteiger partial charge in [0.25, 0.3) is 0 Å². The average Bonchev–Trinajstić information content (AvgIpc) is 2.81. The lowest BCUT2D eigenvalue weighted by Gasteiger charge is -2.06. The van der Waals surface area contributed by atoms with Crippen molar-refractivity contribution >= 4 is 11.5 Å². The predicted molar refractivity (Wildman–Crippen MR) is 56.8 cm³/mol. The number of anilines is 2. The van der Waals surface area contributed by atoms with Crippen molar-refractivity contribution in [3.63, 3.8) is 0 Å². The minimum absolute atomic E-state index is 0.387. The molecule has 0 unspecified atom stereocenters. The van der Waals surface area contributed by atoms with E-state index in [1.165, 1.54) is 13.5 Å². The first kappa shape index (κ1) is 10.2. The summed E-state index contributed by atoms with van der Waals surface area (Å²) in [5, 5.41) is 6.68. The molecule has 0 radical (unpaired) electrons. The third-order valence-corrected chi connectivity index (χ3v) is 1.92. The van der Waals surface area contributed by atoms with Crippen LogP contribution in [0.15, 0.2) is 23.0 Å². The van der Waals surface area contributed by atoms with Crippen LogP contribution in [0.2, 0.25) is 0 Å². The van der Waals surface area contributed by atoms with E-state index in [0.717, 1.165) is 0 Å². The predicted octanol–water partition coefficient (Wildman–Crippen LogP) is 0.667. The van der Waals surface area contributed by atoms with Crippen molar-refractivity contribution in [1.29, 1.82) is 0 Å². The van der Waals surface area contributed by atoms with Crippen LogP contribution in [0.3, 0.4) is 0 Å². The summed E-state index contributed by atoms with van der Waals surface area (Å²) in [5.41, 5.74) is 6.13. The lowest BCUT2D eigenvalue weighted by molar-refractivity contribution is 0.400. The van der Waals surface area contributed by atoms with Crippen LogP contribution in [0, 0.1) is 0 Å². The van der Waals surface area contributed by atoms with Gasteiger partial charge in [-0.1, -0.05) is 5.16 Å². The number of nitrogens with one attached hydrogen (secondary N) is 1. The van der Waals surface area contributed by atoms with E-state index in [2.05, 4.69) is 25.0 Å². The number of nitrogens with zero attached hydrogens (tertiary/aromatic N) is 3. The normalized spacial score (nSPS) is 10.1. The maximum Gasteiger partial charge on any atom is 0.238 e. The first-order valence-corrected chi connectivity index (χ1v) is 4.59. The second-order valence-corrected chi connectivity index (χ2v) is 3.00. The third kappa shape index (κ3) is 2.19. The zero-order valence-corrected chi connectivity index (χ0v) is 8.67. The monoisotopic (exact) mass is 221 g/mol. The van der Waals surface area contributed by atoms with Gasteiger partial charge < -0.3 is 20.3 Å². The Labute approximate surface area is 91.6 Å². The number of rotatable bonds is 4. The summed E-state index contributed by atoms with van der Waals surface area (Å²) in [6.07, 6.45) is 1.27. The number of pyridine rings is 1. The van der Waals surface area contributed by atoms with E-state index >= 15 is 0 Å². The number of hydrogen-bond donors (Lipinski definition) is 2. The summed E-state index contributed by atoms with van der Waals surface area (Å²) in [5.74, 6) is 1.58. The fourth-order valence-electron chi connectivity index (χ4n) is 1.15. The molecule has 0 amide bonds. The van der Waals surface area contributed by atoms with Crippen molar-refractivity contribution < 1.29 is 9.26 Å². The summed E-state index contributed by atoms with van der Waals surface area (Å²) in [7, 11) is 1.52. The van der Waals surface area contributed by atoms with E-state index in [-0.39, 0.29) is 0 Å². The van der Waals surface area contributed by atoms with E-state index < -0.39 is 0 Å². The van der Waals surface area contributed by atoms with Crippen molar-refractivity contribution in [1.82, 2.24) is 15.1 Å². The number of nitrogen functional groups attached to an aromatic ring is 1. The molecule has 84 valence electrons. The maximum atomic E-state index is 5.64. The third-order valence-electron chi connectivity index (χ3n) is 1.92. The summed E-state index contributed by atoms with van der Waals surface area (Å²) in [6, 6.07) is 3.46. The van der Waals surface area contributed by atoms with E-state index in [4.69, 9.17) is 10.5 Å². The fourth-order valence-corrected chi connectivity index (χ4v) is 1.15. The molecule has 2 heterocycles. The van der Waals surface area contributed by atoms with Gasteiger partial charge in [0.1, 0.15) is 5.82 Å². The molecule has 0 aliphatic heterocycles. The molecule has 0 aliphatic carbocycles. The molecular weight excluding hydrogens is 210 g/mol. The number of methoxy groups -OCH3 is 1. The molecule has 0 saturated heterocycles. The van der Waals surface area contributed by atoms with Crippen molar-refractivity contribution in [3.8, 4) is 5.88 Å². The first-order valence-electron chi connectivity index (χ1n) is 4.59. The van der Waals surface area contributed by atoms with Crippen molar-refractivity contribution in [2.75, 3.05) is 18.2 Å². The summed E-state index contributed by atoms with van der Waals surface area (Å²) in [6.45, 7) is 0.427. The minimum atomic E-state index is 0.387. The van der Waals surface area contributed by atoms with Crippen LogP contribution in [0.4, 0.5) is 11.5 Å². The highest BCUT2D eigenvalue weighted by Gasteiger charge is 2.03. The molecule has 0 bridgehead atoms. The van der Waals surface area contributed by atoms with Crippen LogP contribution in [-0.4, -0.2) is 22.2 Å². The van der Waals surface area contributed by atoms with Crippen LogP contribution in [-0.2, 0) is 6.54 Å². The van der Waals surface area contributed by atoms with Gasteiger partial charge >= 0.3 is 0 Å². The number of nitrogens with two attached hydrogens (primary N) is 1. The highest BCUT2D eigenvalue weighted by Crippen LogP contribution is 2.20. The molecule has 0 atom stereocenters. The van der Waals surface area contributed by atoms with Crippen molar-refractivity contribution in [2.45, 2.75) is 6.54 Å². The Balaban J connectivity index is 2.04. The van der Waals surface area contributed by atoms with E-state index in [0.29, 0.717) is 29.8 Å². The zero-order chi connectivity index (χ0) is 11.4. The van der Waals surface area contributed by atoms with Crippen molar-refractivity contribution in [3.05, 3.63) is 24.4 Å². The Bertz CT molecular complexity index is 457. The zero-order valence-electron chi connectivity index (χ0n) is 8.67. The molecule has 7 nitrogen and oxygen atoms in total. The number of hydrogen-bond acceptors (Lipinski definition) is 7. The van der Waals surface area contributed by atoms with Gasteiger partial charge in [0.2, 0.25) is 12.3 Å². The van der Waals surface area contributed by atoms with Crippen LogP contribution >= 0.6 is 0 Å². The summed E-state index contributed by atoms with van der Waals surface area (Å²) < 4.78 is 9.60. The van der Waals surface area contributed by atoms with Gasteiger partial charge in [0.05, 0.1) is 19.3 Å². The quantitative estimate of drug-likeness (QED) is 0.782. The minimum Gasteiger partial charge on any atom is -0.479 e. The highest BCUT2D eigenvalue weighted by molar-refractivity contribution is 5.53. The van der Waals surface area contributed by atoms with Crippen LogP contribution < -0.4 is 15.8 Å². The fraction of sp³-hybridized carbons (Fsp3) is 0.222. The topological polar surface area (TPSA) is 99.1 Å². The Hall–Kier alpha value is -2.31. The molecule has 7 heteroatoms. The SMILES string of the molecule is COc1nc(NCc2ncon2)ccc1N. The van der Waals surface area contributed by atoms with Crippen molar-refractivity contribution in [2.24, 2.45) is 0 Å². The molecule has 0 saturated carbocycles. The molecule has 3 N–H and O–H groups in total. The van der Waals surface area contributed by atoms with Gasteiger partial charge in [-0.3, -0.25) is 0 Å². The second kappa shape index (κ2) is 4.47.